The first-order valence-corrected chi connectivity index (χ1v) is 5.15. The molecule has 1 rings (SSSR count). The maximum absolute atomic E-state index is 11.5. The highest BCUT2D eigenvalue weighted by Crippen LogP contribution is 2.08. The molecule has 0 spiro atoms. The molecule has 3 heteroatoms. The molecule has 13 heavy (non-hydrogen) atoms. The SMILES string of the molecule is CCCC(=O)N1CC[N+](C)(C)CC1. The van der Waals surface area contributed by atoms with Gasteiger partial charge in [0, 0.05) is 6.42 Å². The van der Waals surface area contributed by atoms with Gasteiger partial charge in [0.25, 0.3) is 0 Å². The molecule has 0 bridgehead atoms. The summed E-state index contributed by atoms with van der Waals surface area (Å²) in [5.41, 5.74) is 0. The maximum Gasteiger partial charge on any atom is 0.222 e. The van der Waals surface area contributed by atoms with Crippen molar-refractivity contribution in [3.63, 3.8) is 0 Å². The van der Waals surface area contributed by atoms with E-state index in [0.717, 1.165) is 37.1 Å². The molecule has 0 atom stereocenters. The van der Waals surface area contributed by atoms with Gasteiger partial charge in [0.1, 0.15) is 0 Å². The number of rotatable bonds is 2. The van der Waals surface area contributed by atoms with Crippen molar-refractivity contribution in [3.05, 3.63) is 0 Å². The van der Waals surface area contributed by atoms with Crippen molar-refractivity contribution < 1.29 is 9.28 Å². The summed E-state index contributed by atoms with van der Waals surface area (Å²) in [6.07, 6.45) is 1.68. The van der Waals surface area contributed by atoms with Crippen molar-refractivity contribution in [2.24, 2.45) is 0 Å². The molecule has 1 amide bonds. The fourth-order valence-corrected chi connectivity index (χ4v) is 1.63. The maximum atomic E-state index is 11.5. The molecule has 0 saturated carbocycles. The normalized spacial score (nSPS) is 21.6. The third kappa shape index (κ3) is 2.99. The van der Waals surface area contributed by atoms with Gasteiger partial charge < -0.3 is 9.38 Å². The number of hydrogen-bond donors (Lipinski definition) is 0. The largest absolute Gasteiger partial charge is 0.331 e. The van der Waals surface area contributed by atoms with E-state index in [9.17, 15) is 4.79 Å². The number of hydrogen-bond acceptors (Lipinski definition) is 1. The molecule has 0 aliphatic carbocycles. The quantitative estimate of drug-likeness (QED) is 0.580. The third-order valence-electron chi connectivity index (χ3n) is 2.77. The fourth-order valence-electron chi connectivity index (χ4n) is 1.63. The van der Waals surface area contributed by atoms with Gasteiger partial charge in [0.05, 0.1) is 40.3 Å². The lowest BCUT2D eigenvalue weighted by Crippen LogP contribution is -2.56. The molecular weight excluding hydrogens is 164 g/mol. The van der Waals surface area contributed by atoms with Gasteiger partial charge in [-0.05, 0) is 6.42 Å². The molecule has 1 fully saturated rings. The molecule has 0 radical (unpaired) electrons. The van der Waals surface area contributed by atoms with E-state index >= 15 is 0 Å². The second-order valence-electron chi connectivity index (χ2n) is 4.51. The smallest absolute Gasteiger partial charge is 0.222 e. The van der Waals surface area contributed by atoms with Crippen LogP contribution >= 0.6 is 0 Å². The highest BCUT2D eigenvalue weighted by atomic mass is 16.2. The van der Waals surface area contributed by atoms with Gasteiger partial charge in [-0.3, -0.25) is 4.79 Å². The topological polar surface area (TPSA) is 20.3 Å². The van der Waals surface area contributed by atoms with Crippen molar-refractivity contribution in [1.29, 1.82) is 0 Å². The first-order valence-electron chi connectivity index (χ1n) is 5.15. The van der Waals surface area contributed by atoms with E-state index in [1.165, 1.54) is 0 Å². The number of nitrogens with zero attached hydrogens (tertiary/aromatic N) is 2. The lowest BCUT2D eigenvalue weighted by atomic mass is 10.2. The van der Waals surface area contributed by atoms with Crippen molar-refractivity contribution >= 4 is 5.91 Å². The molecule has 1 heterocycles. The molecule has 76 valence electrons. The number of piperazine rings is 1. The Kier molecular flexibility index (Phi) is 3.31. The van der Waals surface area contributed by atoms with Crippen LogP contribution in [0.25, 0.3) is 0 Å². The van der Waals surface area contributed by atoms with Crippen molar-refractivity contribution in [2.75, 3.05) is 40.3 Å². The summed E-state index contributed by atoms with van der Waals surface area (Å²) >= 11 is 0. The fraction of sp³-hybridized carbons (Fsp3) is 0.900. The zero-order valence-electron chi connectivity index (χ0n) is 9.05. The molecule has 0 aromatic rings. The van der Waals surface area contributed by atoms with E-state index < -0.39 is 0 Å². The van der Waals surface area contributed by atoms with Crippen LogP contribution in [0.1, 0.15) is 19.8 Å². The Morgan fingerprint density at radius 1 is 1.31 bits per heavy atom. The van der Waals surface area contributed by atoms with Crippen molar-refractivity contribution in [2.45, 2.75) is 19.8 Å². The van der Waals surface area contributed by atoms with Crippen molar-refractivity contribution in [3.8, 4) is 0 Å². The molecular formula is C10H21N2O+. The summed E-state index contributed by atoms with van der Waals surface area (Å²) in [6, 6.07) is 0. The summed E-state index contributed by atoms with van der Waals surface area (Å²) in [5.74, 6) is 0.335. The summed E-state index contributed by atoms with van der Waals surface area (Å²) < 4.78 is 1.05. The number of amides is 1. The number of likely N-dealkylation sites (N-methyl/N-ethyl adjacent to an activating group) is 1. The monoisotopic (exact) mass is 185 g/mol. The second-order valence-corrected chi connectivity index (χ2v) is 4.51. The Bertz CT molecular complexity index is 179. The van der Waals surface area contributed by atoms with Gasteiger partial charge in [0.2, 0.25) is 5.91 Å². The lowest BCUT2D eigenvalue weighted by Gasteiger charge is -2.39. The Balaban J connectivity index is 2.36. The summed E-state index contributed by atoms with van der Waals surface area (Å²) in [7, 11) is 4.45. The van der Waals surface area contributed by atoms with Gasteiger partial charge in [-0.2, -0.15) is 0 Å². The Hall–Kier alpha value is -0.570. The predicted molar refractivity (Wildman–Crippen MR) is 53.3 cm³/mol. The lowest BCUT2D eigenvalue weighted by molar-refractivity contribution is -0.894. The molecule has 1 saturated heterocycles. The van der Waals surface area contributed by atoms with E-state index in [1.54, 1.807) is 0 Å². The zero-order chi connectivity index (χ0) is 9.90. The Labute approximate surface area is 80.9 Å². The molecule has 1 aliphatic heterocycles. The number of carbonyl (C=O) groups excluding carboxylic acids is 1. The van der Waals surface area contributed by atoms with E-state index in [-0.39, 0.29) is 0 Å². The van der Waals surface area contributed by atoms with Gasteiger partial charge in [-0.1, -0.05) is 6.92 Å². The average molecular weight is 185 g/mol. The van der Waals surface area contributed by atoms with Gasteiger partial charge in [0.15, 0.2) is 0 Å². The summed E-state index contributed by atoms with van der Waals surface area (Å²) in [5, 5.41) is 0. The standard InChI is InChI=1S/C10H21N2O/c1-4-5-10(13)11-6-8-12(2,3)9-7-11/h4-9H2,1-3H3/q+1. The number of quaternary nitrogens is 1. The van der Waals surface area contributed by atoms with Crippen LogP contribution in [0.2, 0.25) is 0 Å². The third-order valence-corrected chi connectivity index (χ3v) is 2.77. The Morgan fingerprint density at radius 3 is 2.31 bits per heavy atom. The van der Waals surface area contributed by atoms with E-state index in [2.05, 4.69) is 21.0 Å². The van der Waals surface area contributed by atoms with E-state index in [1.807, 2.05) is 4.90 Å². The molecule has 3 nitrogen and oxygen atoms in total. The Morgan fingerprint density at radius 2 is 1.85 bits per heavy atom. The van der Waals surface area contributed by atoms with Gasteiger partial charge in [-0.25, -0.2) is 0 Å². The van der Waals surface area contributed by atoms with Crippen LogP contribution in [0.5, 0.6) is 0 Å². The van der Waals surface area contributed by atoms with Crippen LogP contribution < -0.4 is 0 Å². The molecule has 0 aromatic carbocycles. The highest BCUT2D eigenvalue weighted by Gasteiger charge is 2.26. The minimum absolute atomic E-state index is 0.335. The zero-order valence-corrected chi connectivity index (χ0v) is 9.05. The summed E-state index contributed by atoms with van der Waals surface area (Å²) in [4.78, 5) is 13.5. The number of carbonyl (C=O) groups is 1. The van der Waals surface area contributed by atoms with E-state index in [0.29, 0.717) is 12.3 Å². The van der Waals surface area contributed by atoms with Gasteiger partial charge in [-0.15, -0.1) is 0 Å². The summed E-state index contributed by atoms with van der Waals surface area (Å²) in [6.45, 7) is 6.12. The first kappa shape index (κ1) is 10.5. The predicted octanol–water partition coefficient (Wildman–Crippen LogP) is 0.705. The van der Waals surface area contributed by atoms with Crippen LogP contribution in [-0.2, 0) is 4.79 Å². The molecule has 0 aromatic heterocycles. The van der Waals surface area contributed by atoms with Crippen molar-refractivity contribution in [1.82, 2.24) is 4.90 Å². The first-order chi connectivity index (χ1) is 6.05. The minimum Gasteiger partial charge on any atom is -0.331 e. The van der Waals surface area contributed by atoms with Gasteiger partial charge >= 0.3 is 0 Å². The second kappa shape index (κ2) is 4.09. The molecule has 1 aliphatic rings. The van der Waals surface area contributed by atoms with Crippen LogP contribution in [-0.4, -0.2) is 55.6 Å². The minimum atomic E-state index is 0.335. The van der Waals surface area contributed by atoms with Crippen LogP contribution in [0, 0.1) is 0 Å². The highest BCUT2D eigenvalue weighted by molar-refractivity contribution is 5.76. The van der Waals surface area contributed by atoms with Crippen LogP contribution in [0.3, 0.4) is 0 Å². The van der Waals surface area contributed by atoms with Crippen LogP contribution in [0.15, 0.2) is 0 Å². The van der Waals surface area contributed by atoms with E-state index in [4.69, 9.17) is 0 Å². The molecule has 0 unspecified atom stereocenters. The van der Waals surface area contributed by atoms with Crippen LogP contribution in [0.4, 0.5) is 0 Å². The average Bonchev–Trinajstić information content (AvgIpc) is 2.04. The molecule has 0 N–H and O–H groups in total.